The molecule has 2 atom stereocenters. The van der Waals surface area contributed by atoms with Gasteiger partial charge in [0.1, 0.15) is 23.4 Å². The summed E-state index contributed by atoms with van der Waals surface area (Å²) in [5, 5.41) is 9.17. The minimum atomic E-state index is -0.819. The largest absolute Gasteiger partial charge is 0.492 e. The zero-order valence-electron chi connectivity index (χ0n) is 23.1. The first-order valence-electron chi connectivity index (χ1n) is 14.2. The predicted molar refractivity (Wildman–Crippen MR) is 151 cm³/mol. The summed E-state index contributed by atoms with van der Waals surface area (Å²) in [4.78, 5) is 25.5. The Balaban J connectivity index is 1.19. The van der Waals surface area contributed by atoms with Crippen molar-refractivity contribution in [2.75, 3.05) is 26.3 Å². The van der Waals surface area contributed by atoms with Crippen LogP contribution in [0, 0.1) is 13.8 Å². The first kappa shape index (κ1) is 26.2. The van der Waals surface area contributed by atoms with Gasteiger partial charge in [0, 0.05) is 30.6 Å². The van der Waals surface area contributed by atoms with Crippen molar-refractivity contribution in [1.29, 1.82) is 0 Å². The van der Waals surface area contributed by atoms with Gasteiger partial charge in [0.05, 0.1) is 13.0 Å². The van der Waals surface area contributed by atoms with Gasteiger partial charge in [0.2, 0.25) is 0 Å². The molecule has 3 aromatic carbocycles. The molecule has 7 heteroatoms. The molecule has 2 unspecified atom stereocenters. The van der Waals surface area contributed by atoms with Gasteiger partial charge in [0.25, 0.3) is 5.91 Å². The molecule has 2 heterocycles. The van der Waals surface area contributed by atoms with Gasteiger partial charge in [0.15, 0.2) is 6.61 Å². The summed E-state index contributed by atoms with van der Waals surface area (Å²) < 4.78 is 18.2. The average Bonchev–Trinajstić information content (AvgIpc) is 3.68. The van der Waals surface area contributed by atoms with E-state index in [4.69, 9.17) is 14.2 Å². The van der Waals surface area contributed by atoms with Crippen LogP contribution >= 0.6 is 0 Å². The van der Waals surface area contributed by atoms with E-state index in [0.29, 0.717) is 12.4 Å². The molecule has 3 aliphatic rings. The van der Waals surface area contributed by atoms with E-state index in [0.717, 1.165) is 67.0 Å². The van der Waals surface area contributed by atoms with Crippen molar-refractivity contribution in [3.63, 3.8) is 0 Å². The molecule has 208 valence electrons. The highest BCUT2D eigenvalue weighted by molar-refractivity contribution is 5.79. The number of benzene rings is 3. The van der Waals surface area contributed by atoms with Crippen LogP contribution in [0.2, 0.25) is 0 Å². The number of hydrogen-bond donors (Lipinski definition) is 1. The zero-order valence-corrected chi connectivity index (χ0v) is 23.1. The number of carboxylic acids is 1. The lowest BCUT2D eigenvalue weighted by molar-refractivity contribution is -0.137. The number of carbonyl (C=O) groups excluding carboxylic acids is 1. The molecule has 1 amide bonds. The summed E-state index contributed by atoms with van der Waals surface area (Å²) in [7, 11) is 0. The molecule has 0 bridgehead atoms. The molecule has 7 nitrogen and oxygen atoms in total. The molecule has 0 saturated carbocycles. The molecular weight excluding hydrogens is 506 g/mol. The van der Waals surface area contributed by atoms with E-state index in [-0.39, 0.29) is 31.0 Å². The Morgan fingerprint density at radius 2 is 1.77 bits per heavy atom. The molecule has 6 rings (SSSR count). The number of ether oxygens (including phenoxy) is 3. The van der Waals surface area contributed by atoms with Crippen LogP contribution in [0.15, 0.2) is 48.5 Å². The Bertz CT molecular complexity index is 1430. The number of carboxylic acid groups (broad SMARTS) is 1. The highest BCUT2D eigenvalue weighted by atomic mass is 16.5. The molecule has 1 fully saturated rings. The second-order valence-electron chi connectivity index (χ2n) is 11.1. The normalized spacial score (nSPS) is 19.2. The van der Waals surface area contributed by atoms with Crippen molar-refractivity contribution in [2.45, 2.75) is 58.0 Å². The average molecular weight is 542 g/mol. The lowest BCUT2D eigenvalue weighted by Gasteiger charge is -2.19. The smallest absolute Gasteiger partial charge is 0.304 e. The van der Waals surface area contributed by atoms with Crippen LogP contribution in [0.4, 0.5) is 0 Å². The van der Waals surface area contributed by atoms with Crippen LogP contribution in [0.5, 0.6) is 17.2 Å². The number of aryl methyl sites for hydroxylation is 2. The maximum atomic E-state index is 12.4. The summed E-state index contributed by atoms with van der Waals surface area (Å²) in [5.41, 5.74) is 8.08. The standard InChI is InChI=1S/C33H35NO6/c1-20-14-24(38-19-31(35)34-12-3-4-13-34)15-21(2)33(20)28-7-5-6-27-26(28)10-11-29(27)40-23-8-9-25-22(16-32(36)37)18-39-30(25)17-23/h5-9,14-15,17,22,29H,3-4,10-13,16,18-19H2,1-2H3,(H,36,37). The molecule has 1 aliphatic carbocycles. The molecule has 0 spiro atoms. The predicted octanol–water partition coefficient (Wildman–Crippen LogP) is 5.99. The Hall–Kier alpha value is -4.00. The van der Waals surface area contributed by atoms with Gasteiger partial charge in [-0.25, -0.2) is 0 Å². The highest BCUT2D eigenvalue weighted by Gasteiger charge is 2.30. The Kier molecular flexibility index (Phi) is 7.13. The number of carbonyl (C=O) groups is 2. The van der Waals surface area contributed by atoms with Gasteiger partial charge in [-0.3, -0.25) is 9.59 Å². The first-order valence-corrected chi connectivity index (χ1v) is 14.2. The van der Waals surface area contributed by atoms with Crippen LogP contribution < -0.4 is 14.2 Å². The van der Waals surface area contributed by atoms with Gasteiger partial charge in [-0.05, 0) is 91.1 Å². The van der Waals surface area contributed by atoms with Crippen molar-refractivity contribution in [1.82, 2.24) is 4.90 Å². The van der Waals surface area contributed by atoms with E-state index in [1.165, 1.54) is 22.3 Å². The van der Waals surface area contributed by atoms with Crippen molar-refractivity contribution < 1.29 is 28.9 Å². The third-order valence-corrected chi connectivity index (χ3v) is 8.38. The zero-order chi connectivity index (χ0) is 27.8. The van der Waals surface area contributed by atoms with Crippen LogP contribution in [0.1, 0.15) is 65.5 Å². The molecule has 2 aliphatic heterocycles. The summed E-state index contributed by atoms with van der Waals surface area (Å²) >= 11 is 0. The third-order valence-electron chi connectivity index (χ3n) is 8.38. The lowest BCUT2D eigenvalue weighted by atomic mass is 9.90. The van der Waals surface area contributed by atoms with Crippen LogP contribution in [-0.4, -0.2) is 48.2 Å². The number of nitrogens with zero attached hydrogens (tertiary/aromatic N) is 1. The minimum Gasteiger partial charge on any atom is -0.492 e. The monoisotopic (exact) mass is 541 g/mol. The van der Waals surface area contributed by atoms with E-state index in [1.54, 1.807) is 0 Å². The fourth-order valence-corrected chi connectivity index (χ4v) is 6.48. The summed E-state index contributed by atoms with van der Waals surface area (Å²) in [6.45, 7) is 6.32. The lowest BCUT2D eigenvalue weighted by Crippen LogP contribution is -2.32. The van der Waals surface area contributed by atoms with Gasteiger partial charge in [-0.15, -0.1) is 0 Å². The summed E-state index contributed by atoms with van der Waals surface area (Å²) in [5.74, 6) is 1.29. The summed E-state index contributed by atoms with van der Waals surface area (Å²) in [6, 6.07) is 16.2. The number of rotatable bonds is 8. The van der Waals surface area contributed by atoms with E-state index in [9.17, 15) is 14.7 Å². The van der Waals surface area contributed by atoms with E-state index in [1.807, 2.05) is 35.2 Å². The fourth-order valence-electron chi connectivity index (χ4n) is 6.48. The van der Waals surface area contributed by atoms with Crippen molar-refractivity contribution in [3.8, 4) is 28.4 Å². The number of likely N-dealkylation sites (tertiary alicyclic amines) is 1. The molecule has 1 N–H and O–H groups in total. The topological polar surface area (TPSA) is 85.3 Å². The van der Waals surface area contributed by atoms with E-state index < -0.39 is 5.97 Å². The Labute approximate surface area is 234 Å². The van der Waals surface area contributed by atoms with Crippen molar-refractivity contribution >= 4 is 11.9 Å². The fraction of sp³-hybridized carbons (Fsp3) is 0.394. The van der Waals surface area contributed by atoms with Crippen molar-refractivity contribution in [3.05, 3.63) is 76.3 Å². The maximum absolute atomic E-state index is 12.4. The quantitative estimate of drug-likeness (QED) is 0.377. The molecule has 40 heavy (non-hydrogen) atoms. The minimum absolute atomic E-state index is 0.0545. The Morgan fingerprint density at radius 3 is 2.52 bits per heavy atom. The SMILES string of the molecule is Cc1cc(OCC(=O)N2CCCC2)cc(C)c1-c1cccc2c1CCC2Oc1ccc2c(c1)OCC2CC(=O)O. The van der Waals surface area contributed by atoms with Gasteiger partial charge >= 0.3 is 5.97 Å². The summed E-state index contributed by atoms with van der Waals surface area (Å²) in [6.07, 6.45) is 3.94. The van der Waals surface area contributed by atoms with Crippen LogP contribution in [0.3, 0.4) is 0 Å². The molecule has 3 aromatic rings. The number of amides is 1. The second-order valence-corrected chi connectivity index (χ2v) is 11.1. The second kappa shape index (κ2) is 10.9. The van der Waals surface area contributed by atoms with Crippen molar-refractivity contribution in [2.24, 2.45) is 0 Å². The van der Waals surface area contributed by atoms with Crippen LogP contribution in [-0.2, 0) is 16.0 Å². The van der Waals surface area contributed by atoms with Crippen LogP contribution in [0.25, 0.3) is 11.1 Å². The molecule has 0 aromatic heterocycles. The number of hydrogen-bond acceptors (Lipinski definition) is 5. The number of fused-ring (bicyclic) bond motifs is 2. The van der Waals surface area contributed by atoms with E-state index in [2.05, 4.69) is 32.0 Å². The molecule has 0 radical (unpaired) electrons. The third kappa shape index (κ3) is 5.12. The van der Waals surface area contributed by atoms with Gasteiger partial charge < -0.3 is 24.2 Å². The number of aliphatic carboxylic acids is 1. The van der Waals surface area contributed by atoms with Gasteiger partial charge in [-0.1, -0.05) is 24.3 Å². The first-order chi connectivity index (χ1) is 19.4. The Morgan fingerprint density at radius 1 is 1.00 bits per heavy atom. The molecule has 1 saturated heterocycles. The molecular formula is C33H35NO6. The van der Waals surface area contributed by atoms with Gasteiger partial charge in [-0.2, -0.15) is 0 Å². The maximum Gasteiger partial charge on any atom is 0.304 e. The van der Waals surface area contributed by atoms with E-state index >= 15 is 0 Å². The highest BCUT2D eigenvalue weighted by Crippen LogP contribution is 2.44.